The summed E-state index contributed by atoms with van der Waals surface area (Å²) in [5.41, 5.74) is 2.68. The molecule has 5 aromatic rings. The van der Waals surface area contributed by atoms with E-state index in [0.29, 0.717) is 38.6 Å². The first-order valence-electron chi connectivity index (χ1n) is 10.4. The molecule has 0 aliphatic rings. The predicted octanol–water partition coefficient (Wildman–Crippen LogP) is 7.00. The van der Waals surface area contributed by atoms with Gasteiger partial charge in [0.15, 0.2) is 0 Å². The Bertz CT molecular complexity index is 1540. The van der Waals surface area contributed by atoms with Gasteiger partial charge in [-0.05, 0) is 61.5 Å². The van der Waals surface area contributed by atoms with Crippen LogP contribution in [-0.4, -0.2) is 20.5 Å². The van der Waals surface area contributed by atoms with E-state index in [4.69, 9.17) is 11.6 Å². The van der Waals surface area contributed by atoms with E-state index in [1.165, 1.54) is 28.2 Å². The highest BCUT2D eigenvalue weighted by atomic mass is 35.5. The molecule has 0 fully saturated rings. The molecule has 0 amide bonds. The van der Waals surface area contributed by atoms with Crippen LogP contribution in [-0.2, 0) is 5.75 Å². The zero-order chi connectivity index (χ0) is 23.7. The molecule has 2 aromatic heterocycles. The van der Waals surface area contributed by atoms with Crippen molar-refractivity contribution in [3.05, 3.63) is 105 Å². The molecule has 34 heavy (non-hydrogen) atoms. The lowest BCUT2D eigenvalue weighted by molar-refractivity contribution is 0.628. The molecular weight excluding hydrogens is 491 g/mol. The van der Waals surface area contributed by atoms with Gasteiger partial charge in [-0.15, -0.1) is 11.8 Å². The van der Waals surface area contributed by atoms with Crippen molar-refractivity contribution in [2.24, 2.45) is 4.99 Å². The van der Waals surface area contributed by atoms with Crippen molar-refractivity contribution < 1.29 is 4.39 Å². The van der Waals surface area contributed by atoms with Crippen molar-refractivity contribution in [2.75, 3.05) is 0 Å². The molecule has 170 valence electrons. The molecule has 0 saturated carbocycles. The smallest absolute Gasteiger partial charge is 0.282 e. The lowest BCUT2D eigenvalue weighted by Gasteiger charge is -2.04. The molecule has 2 heterocycles. The Morgan fingerprint density at radius 1 is 1.15 bits per heavy atom. The average Bonchev–Trinajstić information content (AvgIpc) is 3.39. The van der Waals surface area contributed by atoms with E-state index in [-0.39, 0.29) is 11.4 Å². The largest absolute Gasteiger partial charge is 0.291 e. The van der Waals surface area contributed by atoms with Crippen LogP contribution in [0.2, 0.25) is 5.02 Å². The van der Waals surface area contributed by atoms with Crippen LogP contribution in [0.3, 0.4) is 0 Å². The Hall–Kier alpha value is -3.20. The zero-order valence-corrected chi connectivity index (χ0v) is 20.3. The van der Waals surface area contributed by atoms with Crippen molar-refractivity contribution >= 4 is 56.3 Å². The average molecular weight is 509 g/mol. The minimum Gasteiger partial charge on any atom is -0.291 e. The van der Waals surface area contributed by atoms with Crippen molar-refractivity contribution in [2.45, 2.75) is 17.6 Å². The molecule has 0 radical (unpaired) electrons. The van der Waals surface area contributed by atoms with Gasteiger partial charge in [-0.3, -0.25) is 14.9 Å². The van der Waals surface area contributed by atoms with E-state index >= 15 is 0 Å². The molecule has 0 saturated heterocycles. The van der Waals surface area contributed by atoms with Crippen LogP contribution in [0.5, 0.6) is 0 Å². The fraction of sp³-hybridized carbons (Fsp3) is 0.0800. The second kappa shape index (κ2) is 9.58. The summed E-state index contributed by atoms with van der Waals surface area (Å²) in [6, 6.07) is 21.3. The number of thiazole rings is 1. The number of hydrogen-bond donors (Lipinski definition) is 1. The van der Waals surface area contributed by atoms with Crippen LogP contribution in [0.4, 0.5) is 10.1 Å². The summed E-state index contributed by atoms with van der Waals surface area (Å²) in [7, 11) is 0. The molecule has 3 aromatic carbocycles. The number of aliphatic imine (C=N–C) groups is 1. The zero-order valence-electron chi connectivity index (χ0n) is 18.0. The van der Waals surface area contributed by atoms with Crippen LogP contribution >= 0.6 is 34.7 Å². The maximum absolute atomic E-state index is 13.7. The van der Waals surface area contributed by atoms with Gasteiger partial charge >= 0.3 is 0 Å². The molecular formula is C25H18ClFN4OS2. The first kappa shape index (κ1) is 22.6. The van der Waals surface area contributed by atoms with Gasteiger partial charge in [0.25, 0.3) is 5.56 Å². The number of aromatic nitrogens is 3. The van der Waals surface area contributed by atoms with Gasteiger partial charge in [0.2, 0.25) is 5.13 Å². The van der Waals surface area contributed by atoms with Crippen LogP contribution in [0.1, 0.15) is 18.2 Å². The summed E-state index contributed by atoms with van der Waals surface area (Å²) >= 11 is 9.00. The summed E-state index contributed by atoms with van der Waals surface area (Å²) in [4.78, 5) is 23.7. The van der Waals surface area contributed by atoms with Gasteiger partial charge in [-0.2, -0.15) is 4.68 Å². The lowest BCUT2D eigenvalue weighted by atomic mass is 10.1. The molecule has 5 rings (SSSR count). The molecule has 9 heteroatoms. The Balaban J connectivity index is 1.58. The maximum Gasteiger partial charge on any atom is 0.282 e. The Labute approximate surface area is 207 Å². The quantitative estimate of drug-likeness (QED) is 0.198. The normalized spacial score (nSPS) is 11.9. The molecule has 0 bridgehead atoms. The first-order valence-corrected chi connectivity index (χ1v) is 12.6. The van der Waals surface area contributed by atoms with Crippen molar-refractivity contribution in [1.29, 1.82) is 0 Å². The number of nitrogens with zero attached hydrogens (tertiary/aromatic N) is 3. The highest BCUT2D eigenvalue weighted by molar-refractivity contribution is 7.98. The minimum atomic E-state index is -0.381. The number of H-pyrrole nitrogens is 1. The summed E-state index contributed by atoms with van der Waals surface area (Å²) in [6.07, 6.45) is 0. The molecule has 0 spiro atoms. The molecule has 5 nitrogen and oxygen atoms in total. The van der Waals surface area contributed by atoms with Gasteiger partial charge in [0, 0.05) is 15.7 Å². The third-order valence-corrected chi connectivity index (χ3v) is 7.42. The van der Waals surface area contributed by atoms with Crippen molar-refractivity contribution in [1.82, 2.24) is 14.8 Å². The highest BCUT2D eigenvalue weighted by Crippen LogP contribution is 2.27. The summed E-state index contributed by atoms with van der Waals surface area (Å²) in [6.45, 7) is 1.76. The van der Waals surface area contributed by atoms with Crippen LogP contribution < -0.4 is 5.56 Å². The molecule has 0 unspecified atom stereocenters. The number of aromatic amines is 1. The fourth-order valence-corrected chi connectivity index (χ4v) is 5.43. The number of para-hydroxylation sites is 1. The molecule has 0 aliphatic carbocycles. The highest BCUT2D eigenvalue weighted by Gasteiger charge is 2.20. The maximum atomic E-state index is 13.7. The monoisotopic (exact) mass is 508 g/mol. The van der Waals surface area contributed by atoms with E-state index < -0.39 is 0 Å². The van der Waals surface area contributed by atoms with E-state index in [1.54, 1.807) is 30.8 Å². The minimum absolute atomic E-state index is 0.247. The second-order valence-corrected chi connectivity index (χ2v) is 9.98. The summed E-state index contributed by atoms with van der Waals surface area (Å²) in [5, 5.41) is 4.45. The van der Waals surface area contributed by atoms with E-state index in [2.05, 4.69) is 15.1 Å². The summed E-state index contributed by atoms with van der Waals surface area (Å²) in [5.74, 6) is 0.119. The number of nitrogens with one attached hydrogen (secondary N) is 1. The second-order valence-electron chi connectivity index (χ2n) is 7.49. The van der Waals surface area contributed by atoms with Gasteiger partial charge in [-0.1, -0.05) is 41.1 Å². The van der Waals surface area contributed by atoms with Crippen LogP contribution in [0, 0.1) is 5.82 Å². The first-order chi connectivity index (χ1) is 16.5. The number of benzene rings is 3. The number of halogens is 2. The van der Waals surface area contributed by atoms with Crippen LogP contribution in [0.25, 0.3) is 15.3 Å². The van der Waals surface area contributed by atoms with E-state index in [0.717, 1.165) is 15.1 Å². The Kier molecular flexibility index (Phi) is 6.36. The summed E-state index contributed by atoms with van der Waals surface area (Å²) < 4.78 is 16.1. The third-order valence-electron chi connectivity index (χ3n) is 5.10. The number of rotatable bonds is 6. The van der Waals surface area contributed by atoms with E-state index in [1.807, 2.05) is 48.5 Å². The SMILES string of the molecule is CC(=Nc1cccc(F)c1)c1c(CSc2ccc(Cl)cc2)[nH]n(-c2nc3ccccc3s2)c1=O. The van der Waals surface area contributed by atoms with Crippen molar-refractivity contribution in [3.63, 3.8) is 0 Å². The van der Waals surface area contributed by atoms with Gasteiger partial charge in [0.1, 0.15) is 5.82 Å². The number of thioether (sulfide) groups is 1. The fourth-order valence-electron chi connectivity index (χ4n) is 3.53. The van der Waals surface area contributed by atoms with Gasteiger partial charge in [-0.25, -0.2) is 9.37 Å². The predicted molar refractivity (Wildman–Crippen MR) is 139 cm³/mol. The molecule has 0 atom stereocenters. The number of hydrogen-bond acceptors (Lipinski definition) is 5. The lowest BCUT2D eigenvalue weighted by Crippen LogP contribution is -2.19. The van der Waals surface area contributed by atoms with Crippen LogP contribution in [0.15, 0.2) is 87.5 Å². The van der Waals surface area contributed by atoms with Gasteiger partial charge in [0.05, 0.1) is 32.9 Å². The van der Waals surface area contributed by atoms with Gasteiger partial charge < -0.3 is 0 Å². The third kappa shape index (κ3) is 4.70. The number of fused-ring (bicyclic) bond motifs is 1. The Morgan fingerprint density at radius 3 is 2.71 bits per heavy atom. The van der Waals surface area contributed by atoms with E-state index in [9.17, 15) is 9.18 Å². The van der Waals surface area contributed by atoms with Crippen molar-refractivity contribution in [3.8, 4) is 5.13 Å². The Morgan fingerprint density at radius 2 is 1.94 bits per heavy atom. The topological polar surface area (TPSA) is 63.0 Å². The molecule has 0 aliphatic heterocycles. The standard InChI is InChI=1S/C25H18ClFN4OS2/c1-15(28-18-6-4-5-17(27)13-18)23-21(14-33-19-11-9-16(26)10-12-19)30-31(24(23)32)25-29-20-7-2-3-8-22(20)34-25/h2-13,30H,14H2,1H3. The molecule has 1 N–H and O–H groups in total.